The number of carboxylic acids is 1. The summed E-state index contributed by atoms with van der Waals surface area (Å²) in [4.78, 5) is 22.1. The number of aromatic nitrogens is 4. The molecule has 4 rings (SSSR count). The van der Waals surface area contributed by atoms with Crippen LogP contribution in [0.5, 0.6) is 0 Å². The third kappa shape index (κ3) is 2.57. The molecule has 0 bridgehead atoms. The molecule has 0 spiro atoms. The topological polar surface area (TPSA) is 107 Å². The Morgan fingerprint density at radius 2 is 2.04 bits per heavy atom. The fourth-order valence-electron chi connectivity index (χ4n) is 2.84. The fraction of sp³-hybridized carbons (Fsp3) is 0.111. The summed E-state index contributed by atoms with van der Waals surface area (Å²) in [6.07, 6.45) is 3.33. The van der Waals surface area contributed by atoms with E-state index in [1.54, 1.807) is 12.4 Å². The molecule has 0 aliphatic heterocycles. The highest BCUT2D eigenvalue weighted by molar-refractivity contribution is 6.12. The summed E-state index contributed by atoms with van der Waals surface area (Å²) in [7, 11) is 3.93. The quantitative estimate of drug-likeness (QED) is 0.520. The van der Waals surface area contributed by atoms with Crippen LogP contribution in [0.3, 0.4) is 0 Å². The molecule has 8 heteroatoms. The lowest BCUT2D eigenvalue weighted by Gasteiger charge is -2.15. The Morgan fingerprint density at radius 3 is 2.81 bits per heavy atom. The summed E-state index contributed by atoms with van der Waals surface area (Å²) >= 11 is 0. The lowest BCUT2D eigenvalue weighted by Crippen LogP contribution is -2.08. The van der Waals surface area contributed by atoms with Gasteiger partial charge in [-0.05, 0) is 24.3 Å². The second kappa shape index (κ2) is 5.99. The minimum Gasteiger partial charge on any atom is -0.476 e. The molecule has 0 aliphatic rings. The van der Waals surface area contributed by atoms with Gasteiger partial charge in [0.2, 0.25) is 0 Å². The van der Waals surface area contributed by atoms with E-state index in [4.69, 9.17) is 0 Å². The SMILES string of the molecule is CN(C)c1cccc(Nc2nc3c(C(=O)O)[nH]nc3c3cnccc23)c1. The highest BCUT2D eigenvalue weighted by Crippen LogP contribution is 2.31. The first-order chi connectivity index (χ1) is 12.5. The number of pyridine rings is 2. The number of rotatable bonds is 4. The van der Waals surface area contributed by atoms with Gasteiger partial charge in [-0.3, -0.25) is 10.1 Å². The normalized spacial score (nSPS) is 11.0. The smallest absolute Gasteiger partial charge is 0.356 e. The molecule has 0 saturated heterocycles. The minimum atomic E-state index is -1.11. The van der Waals surface area contributed by atoms with Crippen LogP contribution < -0.4 is 10.2 Å². The number of nitrogens with one attached hydrogen (secondary N) is 2. The highest BCUT2D eigenvalue weighted by Gasteiger charge is 2.18. The Kier molecular flexibility index (Phi) is 3.65. The van der Waals surface area contributed by atoms with E-state index in [9.17, 15) is 9.90 Å². The van der Waals surface area contributed by atoms with Crippen molar-refractivity contribution in [3.05, 3.63) is 48.4 Å². The largest absolute Gasteiger partial charge is 0.476 e. The molecule has 0 unspecified atom stereocenters. The number of carbonyl (C=O) groups is 1. The van der Waals surface area contributed by atoms with Crippen molar-refractivity contribution in [3.63, 3.8) is 0 Å². The van der Waals surface area contributed by atoms with Gasteiger partial charge in [-0.25, -0.2) is 9.78 Å². The van der Waals surface area contributed by atoms with Crippen LogP contribution in [-0.4, -0.2) is 45.3 Å². The lowest BCUT2D eigenvalue weighted by atomic mass is 10.1. The molecule has 4 aromatic rings. The van der Waals surface area contributed by atoms with Gasteiger partial charge in [-0.1, -0.05) is 6.07 Å². The molecule has 3 N–H and O–H groups in total. The molecule has 1 aromatic carbocycles. The molecule has 0 aliphatic carbocycles. The van der Waals surface area contributed by atoms with Crippen LogP contribution in [0, 0.1) is 0 Å². The van der Waals surface area contributed by atoms with Gasteiger partial charge < -0.3 is 15.3 Å². The Hall–Kier alpha value is -3.68. The number of hydrogen-bond acceptors (Lipinski definition) is 6. The Morgan fingerprint density at radius 1 is 1.19 bits per heavy atom. The molecule has 26 heavy (non-hydrogen) atoms. The van der Waals surface area contributed by atoms with Crippen LogP contribution >= 0.6 is 0 Å². The molecule has 3 heterocycles. The number of nitrogens with zero attached hydrogens (tertiary/aromatic N) is 4. The number of fused-ring (bicyclic) bond motifs is 3. The van der Waals surface area contributed by atoms with Crippen molar-refractivity contribution in [1.29, 1.82) is 0 Å². The molecule has 0 atom stereocenters. The Bertz CT molecular complexity index is 1140. The summed E-state index contributed by atoms with van der Waals surface area (Å²) in [5.74, 6) is -0.557. The molecule has 0 saturated carbocycles. The van der Waals surface area contributed by atoms with Crippen molar-refractivity contribution in [3.8, 4) is 0 Å². The molecular formula is C18H16N6O2. The van der Waals surface area contributed by atoms with Crippen LogP contribution in [-0.2, 0) is 0 Å². The first-order valence-electron chi connectivity index (χ1n) is 7.94. The minimum absolute atomic E-state index is 0.0455. The van der Waals surface area contributed by atoms with Crippen molar-refractivity contribution >= 4 is 45.0 Å². The first kappa shape index (κ1) is 15.8. The summed E-state index contributed by atoms with van der Waals surface area (Å²) in [6, 6.07) is 9.70. The zero-order chi connectivity index (χ0) is 18.3. The molecule has 3 aromatic heterocycles. The van der Waals surface area contributed by atoms with Crippen molar-refractivity contribution in [2.75, 3.05) is 24.3 Å². The van der Waals surface area contributed by atoms with E-state index in [1.165, 1.54) is 0 Å². The van der Waals surface area contributed by atoms with Gasteiger partial charge in [0.15, 0.2) is 5.69 Å². The molecule has 130 valence electrons. The van der Waals surface area contributed by atoms with E-state index in [1.807, 2.05) is 49.3 Å². The summed E-state index contributed by atoms with van der Waals surface area (Å²) in [6.45, 7) is 0. The highest BCUT2D eigenvalue weighted by atomic mass is 16.4. The Labute approximate surface area is 148 Å². The molecule has 8 nitrogen and oxygen atoms in total. The van der Waals surface area contributed by atoms with E-state index in [-0.39, 0.29) is 5.69 Å². The van der Waals surface area contributed by atoms with Crippen LogP contribution in [0.1, 0.15) is 10.5 Å². The van der Waals surface area contributed by atoms with Gasteiger partial charge in [0.05, 0.1) is 0 Å². The van der Waals surface area contributed by atoms with Gasteiger partial charge in [0, 0.05) is 48.6 Å². The van der Waals surface area contributed by atoms with Crippen LogP contribution in [0.25, 0.3) is 21.8 Å². The summed E-state index contributed by atoms with van der Waals surface area (Å²) in [5.41, 5.74) is 2.62. The number of hydrogen-bond donors (Lipinski definition) is 3. The fourth-order valence-corrected chi connectivity index (χ4v) is 2.84. The van der Waals surface area contributed by atoms with Gasteiger partial charge in [-0.2, -0.15) is 5.10 Å². The van der Waals surface area contributed by atoms with Gasteiger partial charge in [0.25, 0.3) is 0 Å². The predicted molar refractivity (Wildman–Crippen MR) is 100 cm³/mol. The lowest BCUT2D eigenvalue weighted by molar-refractivity contribution is 0.0692. The van der Waals surface area contributed by atoms with Crippen molar-refractivity contribution in [2.45, 2.75) is 0 Å². The number of benzene rings is 1. The Balaban J connectivity index is 1.91. The zero-order valence-corrected chi connectivity index (χ0v) is 14.2. The van der Waals surface area contributed by atoms with Crippen molar-refractivity contribution in [2.24, 2.45) is 0 Å². The molecular weight excluding hydrogens is 332 g/mol. The summed E-state index contributed by atoms with van der Waals surface area (Å²) in [5, 5.41) is 20.9. The predicted octanol–water partition coefficient (Wildman–Crippen LogP) is 3.01. The molecule has 0 fully saturated rings. The standard InChI is InChI=1S/C18H16N6O2/c1-24(2)11-5-3-4-10(8-11)20-17-12-6-7-19-9-13(12)14-15(21-17)16(18(25)26)23-22-14/h3-9H,1-2H3,(H,20,21)(H,22,23)(H,25,26). The van der Waals surface area contributed by atoms with E-state index in [0.29, 0.717) is 16.9 Å². The second-order valence-corrected chi connectivity index (χ2v) is 6.05. The molecule has 0 radical (unpaired) electrons. The van der Waals surface area contributed by atoms with E-state index >= 15 is 0 Å². The number of aromatic amines is 1. The van der Waals surface area contributed by atoms with Gasteiger partial charge >= 0.3 is 5.97 Å². The number of anilines is 3. The van der Waals surface area contributed by atoms with E-state index < -0.39 is 5.97 Å². The summed E-state index contributed by atoms with van der Waals surface area (Å²) < 4.78 is 0. The van der Waals surface area contributed by atoms with Crippen LogP contribution in [0.4, 0.5) is 17.2 Å². The van der Waals surface area contributed by atoms with Crippen molar-refractivity contribution < 1.29 is 9.90 Å². The number of carboxylic acid groups (broad SMARTS) is 1. The number of aromatic carboxylic acids is 1. The van der Waals surface area contributed by atoms with E-state index in [0.717, 1.165) is 22.1 Å². The van der Waals surface area contributed by atoms with Crippen LogP contribution in [0.15, 0.2) is 42.7 Å². The maximum atomic E-state index is 11.4. The van der Waals surface area contributed by atoms with Gasteiger partial charge in [-0.15, -0.1) is 0 Å². The average Bonchev–Trinajstić information content (AvgIpc) is 3.06. The van der Waals surface area contributed by atoms with Gasteiger partial charge in [0.1, 0.15) is 16.9 Å². The maximum Gasteiger partial charge on any atom is 0.356 e. The third-order valence-electron chi connectivity index (χ3n) is 4.13. The zero-order valence-electron chi connectivity index (χ0n) is 14.2. The number of H-pyrrole nitrogens is 1. The second-order valence-electron chi connectivity index (χ2n) is 6.05. The van der Waals surface area contributed by atoms with Crippen LogP contribution in [0.2, 0.25) is 0 Å². The average molecular weight is 348 g/mol. The molecule has 0 amide bonds. The maximum absolute atomic E-state index is 11.4. The third-order valence-corrected chi connectivity index (χ3v) is 4.13. The van der Waals surface area contributed by atoms with E-state index in [2.05, 4.69) is 25.5 Å². The van der Waals surface area contributed by atoms with Crippen molar-refractivity contribution in [1.82, 2.24) is 20.2 Å². The first-order valence-corrected chi connectivity index (χ1v) is 7.94. The monoisotopic (exact) mass is 348 g/mol.